The molecule has 8 heterocycles. The van der Waals surface area contributed by atoms with Crippen LogP contribution in [0.4, 0.5) is 9.59 Å². The van der Waals surface area contributed by atoms with E-state index in [9.17, 15) is 28.8 Å². The van der Waals surface area contributed by atoms with E-state index in [4.69, 9.17) is 19.9 Å². The molecule has 0 saturated carbocycles. The molecule has 4 fully saturated rings. The summed E-state index contributed by atoms with van der Waals surface area (Å²) in [5, 5.41) is 20.0. The zero-order valence-electron chi connectivity index (χ0n) is 47.3. The molecule has 82 heavy (non-hydrogen) atoms. The number of aromatic nitrogens is 4. The smallest absolute Gasteiger partial charge is 0.317 e. The number of benzene rings is 2. The maximum absolute atomic E-state index is 14.7. The van der Waals surface area contributed by atoms with E-state index < -0.39 is 24.2 Å². The standard InChI is InChI=1S/C60H76N14O6S2/c1-37(61-3)53(75)67-49(57(77)73-31-13-19-45(73)55-69-51-47(81-55)23-21-43(65-51)39-15-7-5-8-16-39)41-25-33-71(34-26-41)59(79)63-29-11-12-30-64-60(80)72-35-27-42(28-36-72)50(68-54(76)38(2)62-4)58(78)74-32-14-20-46(74)56-70-52-48(82-56)24-22-44(66-52)40-17-9-6-10-18-40/h5-10,15-18,21-24,37-38,41-42,45-46,49-50,61-62H,11-14,19-20,25-36H2,1-4H3,(H,63,79)(H,64,80)(H,67,75)(H,68,76)/t37-,38-,45-,46+,49-,50?/m0/s1. The largest absolute Gasteiger partial charge is 0.343 e. The van der Waals surface area contributed by atoms with Crippen molar-refractivity contribution in [3.8, 4) is 22.5 Å². The van der Waals surface area contributed by atoms with Crippen molar-refractivity contribution >= 4 is 79.1 Å². The number of thiazole rings is 2. The molecule has 8 amide bonds. The summed E-state index contributed by atoms with van der Waals surface area (Å²) in [6.45, 7) is 7.28. The summed E-state index contributed by atoms with van der Waals surface area (Å²) in [4.78, 5) is 110. The Morgan fingerprint density at radius 2 is 0.902 bits per heavy atom. The Morgan fingerprint density at radius 1 is 0.512 bits per heavy atom. The second-order valence-electron chi connectivity index (χ2n) is 22.1. The third kappa shape index (κ3) is 13.4. The van der Waals surface area contributed by atoms with E-state index in [0.29, 0.717) is 102 Å². The van der Waals surface area contributed by atoms with Crippen LogP contribution in [0, 0.1) is 11.8 Å². The molecule has 4 aliphatic rings. The summed E-state index contributed by atoms with van der Waals surface area (Å²) in [6, 6.07) is 24.7. The molecule has 10 rings (SSSR count). The average molecular weight is 1150 g/mol. The van der Waals surface area contributed by atoms with Gasteiger partial charge in [0, 0.05) is 63.5 Å². The Labute approximate surface area is 487 Å². The monoisotopic (exact) mass is 1150 g/mol. The lowest BCUT2D eigenvalue weighted by molar-refractivity contribution is -0.139. The molecule has 22 heteroatoms. The lowest BCUT2D eigenvalue weighted by atomic mass is 9.88. The molecule has 20 nitrogen and oxygen atoms in total. The number of fused-ring (bicyclic) bond motifs is 2. The Kier molecular flexibility index (Phi) is 19.0. The minimum Gasteiger partial charge on any atom is -0.343 e. The second kappa shape index (κ2) is 26.8. The van der Waals surface area contributed by atoms with Gasteiger partial charge in [0.15, 0.2) is 11.3 Å². The molecular weight excluding hydrogens is 1080 g/mol. The molecule has 4 aliphatic heterocycles. The van der Waals surface area contributed by atoms with Crippen LogP contribution in [0.3, 0.4) is 0 Å². The summed E-state index contributed by atoms with van der Waals surface area (Å²) in [6.07, 6.45) is 6.68. The number of rotatable bonds is 19. The van der Waals surface area contributed by atoms with Crippen LogP contribution < -0.4 is 31.9 Å². The molecule has 0 spiro atoms. The molecular formula is C60H76N14O6S2. The predicted octanol–water partition coefficient (Wildman–Crippen LogP) is 6.87. The highest BCUT2D eigenvalue weighted by Gasteiger charge is 2.43. The van der Waals surface area contributed by atoms with Crippen molar-refractivity contribution in [2.24, 2.45) is 11.8 Å². The molecule has 6 atom stereocenters. The number of piperidine rings is 2. The quantitative estimate of drug-likeness (QED) is 0.0456. The van der Waals surface area contributed by atoms with Crippen molar-refractivity contribution in [3.05, 3.63) is 94.9 Å². The molecule has 0 aliphatic carbocycles. The number of nitrogens with one attached hydrogen (secondary N) is 6. The predicted molar refractivity (Wildman–Crippen MR) is 319 cm³/mol. The number of carbonyl (C=O) groups is 6. The van der Waals surface area contributed by atoms with Crippen molar-refractivity contribution in [3.63, 3.8) is 0 Å². The van der Waals surface area contributed by atoms with Gasteiger partial charge < -0.3 is 51.5 Å². The summed E-state index contributed by atoms with van der Waals surface area (Å²) in [5.41, 5.74) is 5.02. The van der Waals surface area contributed by atoms with Gasteiger partial charge in [-0.25, -0.2) is 29.5 Å². The van der Waals surface area contributed by atoms with Crippen LogP contribution in [0.2, 0.25) is 0 Å². The lowest BCUT2D eigenvalue weighted by Gasteiger charge is -2.38. The number of amides is 8. The second-order valence-corrected chi connectivity index (χ2v) is 24.2. The highest BCUT2D eigenvalue weighted by Crippen LogP contribution is 2.40. The first-order valence-corrected chi connectivity index (χ1v) is 30.8. The maximum atomic E-state index is 14.7. The van der Waals surface area contributed by atoms with Crippen LogP contribution in [0.15, 0.2) is 84.9 Å². The van der Waals surface area contributed by atoms with Gasteiger partial charge in [0.05, 0.1) is 45.0 Å². The summed E-state index contributed by atoms with van der Waals surface area (Å²) in [7, 11) is 3.43. The molecule has 6 N–H and O–H groups in total. The van der Waals surface area contributed by atoms with E-state index in [2.05, 4.69) is 31.9 Å². The number of urea groups is 2. The summed E-state index contributed by atoms with van der Waals surface area (Å²) in [5.74, 6) is -1.09. The lowest BCUT2D eigenvalue weighted by Crippen LogP contribution is -2.57. The maximum Gasteiger partial charge on any atom is 0.317 e. The summed E-state index contributed by atoms with van der Waals surface area (Å²) >= 11 is 3.11. The molecule has 434 valence electrons. The number of nitrogens with zero attached hydrogens (tertiary/aromatic N) is 8. The van der Waals surface area contributed by atoms with Gasteiger partial charge in [-0.15, -0.1) is 22.7 Å². The number of likely N-dealkylation sites (tertiary alicyclic amines) is 4. The third-order valence-electron chi connectivity index (χ3n) is 16.9. The Balaban J connectivity index is 0.673. The third-order valence-corrected chi connectivity index (χ3v) is 19.1. The van der Waals surface area contributed by atoms with Crippen LogP contribution in [-0.4, -0.2) is 166 Å². The van der Waals surface area contributed by atoms with E-state index in [-0.39, 0.29) is 59.6 Å². The molecule has 6 aromatic rings. The van der Waals surface area contributed by atoms with Crippen molar-refractivity contribution in [1.82, 2.24) is 71.4 Å². The van der Waals surface area contributed by atoms with Gasteiger partial charge in [-0.3, -0.25) is 19.2 Å². The van der Waals surface area contributed by atoms with Crippen molar-refractivity contribution < 1.29 is 28.8 Å². The number of unbranched alkanes of at least 4 members (excludes halogenated alkanes) is 1. The minimum absolute atomic E-state index is 0.123. The van der Waals surface area contributed by atoms with Gasteiger partial charge in [-0.05, 0) is 128 Å². The first-order chi connectivity index (χ1) is 39.9. The molecule has 2 aromatic carbocycles. The van der Waals surface area contributed by atoms with Gasteiger partial charge in [0.25, 0.3) is 0 Å². The highest BCUT2D eigenvalue weighted by molar-refractivity contribution is 7.18. The van der Waals surface area contributed by atoms with Gasteiger partial charge in [0.1, 0.15) is 22.1 Å². The van der Waals surface area contributed by atoms with E-state index in [1.807, 2.05) is 94.7 Å². The van der Waals surface area contributed by atoms with Crippen molar-refractivity contribution in [2.75, 3.05) is 66.5 Å². The average Bonchev–Trinajstić information content (AvgIpc) is 4.22. The topological polar surface area (TPSA) is 239 Å². The van der Waals surface area contributed by atoms with E-state index >= 15 is 0 Å². The normalized spacial score (nSPS) is 19.5. The zero-order valence-corrected chi connectivity index (χ0v) is 48.9. The molecule has 0 bridgehead atoms. The van der Waals surface area contributed by atoms with Gasteiger partial charge >= 0.3 is 12.1 Å². The van der Waals surface area contributed by atoms with E-state index in [0.717, 1.165) is 67.6 Å². The van der Waals surface area contributed by atoms with Crippen LogP contribution in [0.1, 0.15) is 100 Å². The minimum atomic E-state index is -0.757. The Bertz CT molecular complexity index is 2990. The van der Waals surface area contributed by atoms with E-state index in [1.54, 1.807) is 60.4 Å². The summed E-state index contributed by atoms with van der Waals surface area (Å²) < 4.78 is 1.91. The fraction of sp³-hybridized carbons (Fsp3) is 0.500. The molecule has 4 aromatic heterocycles. The van der Waals surface area contributed by atoms with Crippen LogP contribution in [0.25, 0.3) is 43.2 Å². The first kappa shape index (κ1) is 58.1. The Hall–Kier alpha value is -7.14. The number of hydrogen-bond donors (Lipinski definition) is 6. The highest BCUT2D eigenvalue weighted by atomic mass is 32.1. The molecule has 4 saturated heterocycles. The number of hydrogen-bond acceptors (Lipinski definition) is 14. The molecule has 1 unspecified atom stereocenters. The van der Waals surface area contributed by atoms with Crippen LogP contribution in [0.5, 0.6) is 0 Å². The number of likely N-dealkylation sites (N-methyl/N-ethyl adjacent to an activating group) is 2. The molecule has 0 radical (unpaired) electrons. The first-order valence-electron chi connectivity index (χ1n) is 29.1. The SMILES string of the molecule is CN[C@@H](C)C(=O)NC(C(=O)N1CCC[C@@H]1c1nc2nc(-c3ccccc3)ccc2s1)C1CCN(C(=O)NCCCCNC(=O)N2CCC([C@H](NC(=O)[C@H](C)NC)C(=O)N3CCC[C@H]3c3nc4nc(-c5ccccc5)ccc4s3)CC2)CC1. The fourth-order valence-electron chi connectivity index (χ4n) is 11.7. The number of pyridine rings is 2. The van der Waals surface area contributed by atoms with Crippen LogP contribution in [-0.2, 0) is 19.2 Å². The van der Waals surface area contributed by atoms with Gasteiger partial charge in [-0.1, -0.05) is 60.7 Å². The number of carbonyl (C=O) groups excluding carboxylic acids is 6. The van der Waals surface area contributed by atoms with Gasteiger partial charge in [0.2, 0.25) is 23.6 Å². The van der Waals surface area contributed by atoms with Crippen molar-refractivity contribution in [2.45, 2.75) is 114 Å². The van der Waals surface area contributed by atoms with E-state index in [1.165, 1.54) is 0 Å². The Morgan fingerprint density at radius 3 is 1.28 bits per heavy atom. The fourth-order valence-corrected chi connectivity index (χ4v) is 13.9. The van der Waals surface area contributed by atoms with Crippen LogP contribution >= 0.6 is 22.7 Å². The zero-order chi connectivity index (χ0) is 57.3. The van der Waals surface area contributed by atoms with Gasteiger partial charge in [-0.2, -0.15) is 0 Å². The van der Waals surface area contributed by atoms with Crippen molar-refractivity contribution in [1.29, 1.82) is 0 Å².